The van der Waals surface area contributed by atoms with Crippen LogP contribution >= 0.6 is 22.6 Å². The summed E-state index contributed by atoms with van der Waals surface area (Å²) in [4.78, 5) is 11.9. The van der Waals surface area contributed by atoms with Crippen LogP contribution in [-0.4, -0.2) is 24.2 Å². The van der Waals surface area contributed by atoms with E-state index in [1.807, 2.05) is 29.5 Å². The van der Waals surface area contributed by atoms with E-state index < -0.39 is 0 Å². The third-order valence-electron chi connectivity index (χ3n) is 2.84. The number of carbonyl (C=O) groups is 1. The van der Waals surface area contributed by atoms with E-state index in [0.717, 1.165) is 6.42 Å². The molecule has 0 aliphatic rings. The van der Waals surface area contributed by atoms with Gasteiger partial charge in [0.2, 0.25) is 0 Å². The van der Waals surface area contributed by atoms with Crippen molar-refractivity contribution in [3.8, 4) is 0 Å². The molecule has 0 bridgehead atoms. The van der Waals surface area contributed by atoms with Crippen molar-refractivity contribution in [3.05, 3.63) is 33.1 Å². The smallest absolute Gasteiger partial charge is 0.252 e. The van der Waals surface area contributed by atoms with E-state index in [1.165, 1.54) is 18.2 Å². The Morgan fingerprint density at radius 1 is 1.56 bits per heavy atom. The van der Waals surface area contributed by atoms with Gasteiger partial charge in [-0.1, -0.05) is 13.3 Å². The number of hydrogen-bond acceptors (Lipinski definition) is 2. The quantitative estimate of drug-likeness (QED) is 0.762. The molecule has 3 nitrogen and oxygen atoms in total. The lowest BCUT2D eigenvalue weighted by atomic mass is 10.0. The van der Waals surface area contributed by atoms with Gasteiger partial charge in [-0.2, -0.15) is 0 Å². The monoisotopic (exact) mass is 365 g/mol. The predicted octanol–water partition coefficient (Wildman–Crippen LogP) is 2.57. The number of rotatable bonds is 6. The normalized spacial score (nSPS) is 12.2. The molecule has 1 aromatic rings. The molecular weight excluding hydrogens is 348 g/mol. The number of halogens is 2. The zero-order valence-electron chi connectivity index (χ0n) is 10.2. The molecule has 0 aromatic heterocycles. The van der Waals surface area contributed by atoms with Gasteiger partial charge in [0.1, 0.15) is 5.82 Å². The molecule has 0 saturated carbocycles. The summed E-state index contributed by atoms with van der Waals surface area (Å²) in [5.74, 6) is -0.268. The topological polar surface area (TPSA) is 49.3 Å². The average Bonchev–Trinajstić information content (AvgIpc) is 2.34. The minimum absolute atomic E-state index is 0.127. The fraction of sp³-hybridized carbons (Fsp3) is 0.462. The van der Waals surface area contributed by atoms with Crippen molar-refractivity contribution < 1.29 is 14.3 Å². The molecule has 5 heteroatoms. The molecule has 0 saturated heterocycles. The van der Waals surface area contributed by atoms with Crippen molar-refractivity contribution >= 4 is 28.5 Å². The van der Waals surface area contributed by atoms with Crippen molar-refractivity contribution in [2.75, 3.05) is 13.2 Å². The van der Waals surface area contributed by atoms with Crippen LogP contribution in [0.4, 0.5) is 4.39 Å². The third kappa shape index (κ3) is 4.53. The summed E-state index contributed by atoms with van der Waals surface area (Å²) in [5.41, 5.74) is 0.482. The number of amides is 1. The van der Waals surface area contributed by atoms with Gasteiger partial charge in [0.05, 0.1) is 5.56 Å². The van der Waals surface area contributed by atoms with Crippen LogP contribution in [0.3, 0.4) is 0 Å². The summed E-state index contributed by atoms with van der Waals surface area (Å²) >= 11 is 1.94. The summed E-state index contributed by atoms with van der Waals surface area (Å²) in [6.07, 6.45) is 1.58. The lowest BCUT2D eigenvalue weighted by molar-refractivity contribution is 0.0942. The van der Waals surface area contributed by atoms with Crippen LogP contribution in [0.2, 0.25) is 0 Å². The maximum atomic E-state index is 12.9. The Labute approximate surface area is 120 Å². The van der Waals surface area contributed by atoms with Gasteiger partial charge < -0.3 is 10.4 Å². The fourth-order valence-electron chi connectivity index (χ4n) is 1.64. The van der Waals surface area contributed by atoms with E-state index in [2.05, 4.69) is 5.32 Å². The average molecular weight is 365 g/mol. The van der Waals surface area contributed by atoms with E-state index in [-0.39, 0.29) is 24.2 Å². The van der Waals surface area contributed by atoms with E-state index in [4.69, 9.17) is 5.11 Å². The number of hydrogen-bond donors (Lipinski definition) is 2. The van der Waals surface area contributed by atoms with Crippen LogP contribution in [0.1, 0.15) is 30.1 Å². The van der Waals surface area contributed by atoms with E-state index >= 15 is 0 Å². The summed E-state index contributed by atoms with van der Waals surface area (Å²) < 4.78 is 13.5. The minimum atomic E-state index is -0.345. The zero-order chi connectivity index (χ0) is 13.5. The van der Waals surface area contributed by atoms with Gasteiger partial charge in [0.25, 0.3) is 5.91 Å². The van der Waals surface area contributed by atoms with Gasteiger partial charge in [-0.15, -0.1) is 0 Å². The second-order valence-electron chi connectivity index (χ2n) is 4.12. The van der Waals surface area contributed by atoms with Gasteiger partial charge in [0.15, 0.2) is 0 Å². The second kappa shape index (κ2) is 7.68. The van der Waals surface area contributed by atoms with Crippen molar-refractivity contribution in [1.29, 1.82) is 0 Å². The molecular formula is C13H17FINO2. The number of aliphatic hydroxyl groups is 1. The van der Waals surface area contributed by atoms with Crippen LogP contribution in [0.25, 0.3) is 0 Å². The molecule has 1 atom stereocenters. The Bertz CT molecular complexity index is 412. The first-order valence-electron chi connectivity index (χ1n) is 5.92. The first-order valence-corrected chi connectivity index (χ1v) is 7.00. The number of nitrogens with one attached hydrogen (secondary N) is 1. The molecule has 2 N–H and O–H groups in total. The van der Waals surface area contributed by atoms with Crippen LogP contribution in [-0.2, 0) is 0 Å². The summed E-state index contributed by atoms with van der Waals surface area (Å²) in [7, 11) is 0. The van der Waals surface area contributed by atoms with Crippen LogP contribution in [0.5, 0.6) is 0 Å². The maximum Gasteiger partial charge on any atom is 0.252 e. The minimum Gasteiger partial charge on any atom is -0.396 e. The first-order chi connectivity index (χ1) is 8.58. The number of aliphatic hydroxyl groups excluding tert-OH is 1. The number of benzene rings is 1. The molecule has 0 spiro atoms. The highest BCUT2D eigenvalue weighted by Crippen LogP contribution is 2.14. The fourth-order valence-corrected chi connectivity index (χ4v) is 2.36. The van der Waals surface area contributed by atoms with Crippen molar-refractivity contribution in [2.24, 2.45) is 5.92 Å². The highest BCUT2D eigenvalue weighted by Gasteiger charge is 2.12. The van der Waals surface area contributed by atoms with Crippen molar-refractivity contribution in [3.63, 3.8) is 0 Å². The first kappa shape index (κ1) is 15.4. The van der Waals surface area contributed by atoms with E-state index in [0.29, 0.717) is 22.1 Å². The molecule has 1 amide bonds. The van der Waals surface area contributed by atoms with Gasteiger partial charge in [-0.3, -0.25) is 4.79 Å². The molecule has 0 heterocycles. The summed E-state index contributed by atoms with van der Waals surface area (Å²) in [5, 5.41) is 11.7. The lowest BCUT2D eigenvalue weighted by Gasteiger charge is -2.14. The SMILES string of the molecule is CCC(CCO)CNC(=O)c1ccc(F)cc1I. The summed E-state index contributed by atoms with van der Waals surface area (Å²) in [6.45, 7) is 2.68. The zero-order valence-corrected chi connectivity index (χ0v) is 12.4. The van der Waals surface area contributed by atoms with Gasteiger partial charge in [0, 0.05) is 16.7 Å². The van der Waals surface area contributed by atoms with Crippen LogP contribution in [0, 0.1) is 15.3 Å². The molecule has 1 unspecified atom stereocenters. The van der Waals surface area contributed by atoms with Gasteiger partial charge in [-0.25, -0.2) is 4.39 Å². The van der Waals surface area contributed by atoms with Crippen LogP contribution < -0.4 is 5.32 Å². The molecule has 0 aliphatic heterocycles. The Morgan fingerprint density at radius 3 is 2.83 bits per heavy atom. The Morgan fingerprint density at radius 2 is 2.28 bits per heavy atom. The molecule has 0 radical (unpaired) electrons. The Balaban J connectivity index is 2.59. The molecule has 1 rings (SSSR count). The van der Waals surface area contributed by atoms with E-state index in [1.54, 1.807) is 0 Å². The highest BCUT2D eigenvalue weighted by atomic mass is 127. The highest BCUT2D eigenvalue weighted by molar-refractivity contribution is 14.1. The maximum absolute atomic E-state index is 12.9. The van der Waals surface area contributed by atoms with E-state index in [9.17, 15) is 9.18 Å². The molecule has 0 aliphatic carbocycles. The third-order valence-corrected chi connectivity index (χ3v) is 3.73. The standard InChI is InChI=1S/C13H17FINO2/c1-2-9(5-6-17)8-16-13(18)11-4-3-10(14)7-12(11)15/h3-4,7,9,17H,2,5-6,8H2,1H3,(H,16,18). The molecule has 0 fully saturated rings. The second-order valence-corrected chi connectivity index (χ2v) is 5.28. The Hall–Kier alpha value is -0.690. The molecule has 18 heavy (non-hydrogen) atoms. The predicted molar refractivity (Wildman–Crippen MR) is 76.9 cm³/mol. The van der Waals surface area contributed by atoms with Crippen molar-refractivity contribution in [2.45, 2.75) is 19.8 Å². The lowest BCUT2D eigenvalue weighted by Crippen LogP contribution is -2.30. The largest absolute Gasteiger partial charge is 0.396 e. The van der Waals surface area contributed by atoms with Crippen molar-refractivity contribution in [1.82, 2.24) is 5.32 Å². The Kier molecular flexibility index (Phi) is 6.56. The molecule has 100 valence electrons. The number of carbonyl (C=O) groups excluding carboxylic acids is 1. The van der Waals surface area contributed by atoms with Gasteiger partial charge in [-0.05, 0) is 53.1 Å². The van der Waals surface area contributed by atoms with Crippen LogP contribution in [0.15, 0.2) is 18.2 Å². The van der Waals surface area contributed by atoms with Gasteiger partial charge >= 0.3 is 0 Å². The molecule has 1 aromatic carbocycles. The summed E-state index contributed by atoms with van der Waals surface area (Å²) in [6, 6.07) is 4.10.